The van der Waals surface area contributed by atoms with Crippen molar-refractivity contribution < 1.29 is 5.11 Å². The largest absolute Gasteiger partial charge is 0.507 e. The van der Waals surface area contributed by atoms with Crippen molar-refractivity contribution in [3.63, 3.8) is 0 Å². The van der Waals surface area contributed by atoms with Crippen molar-refractivity contribution in [2.75, 3.05) is 5.32 Å². The number of nitrogens with one attached hydrogen (secondary N) is 1. The molecule has 3 rings (SSSR count). The number of rotatable bonds is 2. The van der Waals surface area contributed by atoms with Gasteiger partial charge < -0.3 is 10.4 Å². The molecule has 0 saturated carbocycles. The maximum absolute atomic E-state index is 10.8. The van der Waals surface area contributed by atoms with E-state index in [0.717, 1.165) is 28.3 Å². The third kappa shape index (κ3) is 3.31. The van der Waals surface area contributed by atoms with E-state index in [9.17, 15) is 5.11 Å². The van der Waals surface area contributed by atoms with Crippen molar-refractivity contribution in [3.8, 4) is 5.75 Å². The third-order valence-corrected chi connectivity index (χ3v) is 4.29. The molecule has 5 nitrogen and oxygen atoms in total. The highest BCUT2D eigenvalue weighted by Gasteiger charge is 2.26. The molecule has 0 radical (unpaired) electrons. The molecule has 0 unspecified atom stereocenters. The lowest BCUT2D eigenvalue weighted by Crippen LogP contribution is -2.17. The van der Waals surface area contributed by atoms with Crippen LogP contribution in [-0.2, 0) is 10.8 Å². The van der Waals surface area contributed by atoms with Crippen LogP contribution in [0.1, 0.15) is 52.7 Å². The fourth-order valence-corrected chi connectivity index (χ4v) is 2.93. The van der Waals surface area contributed by atoms with Crippen molar-refractivity contribution in [1.82, 2.24) is 14.6 Å². The van der Waals surface area contributed by atoms with Crippen LogP contribution in [0.4, 0.5) is 11.5 Å². The molecule has 0 aliphatic rings. The number of hydrogen-bond acceptors (Lipinski definition) is 4. The maximum Gasteiger partial charge on any atom is 0.157 e. The van der Waals surface area contributed by atoms with Gasteiger partial charge in [0.25, 0.3) is 0 Å². The first-order valence-corrected chi connectivity index (χ1v) is 8.51. The first kappa shape index (κ1) is 17.3. The summed E-state index contributed by atoms with van der Waals surface area (Å²) in [6.07, 6.45) is 3.49. The zero-order chi connectivity index (χ0) is 18.4. The van der Waals surface area contributed by atoms with E-state index in [0.29, 0.717) is 5.75 Å². The molecule has 3 aromatic rings. The zero-order valence-electron chi connectivity index (χ0n) is 15.8. The minimum Gasteiger partial charge on any atom is -0.507 e. The molecule has 0 amide bonds. The molecule has 0 bridgehead atoms. The Morgan fingerprint density at radius 2 is 1.52 bits per heavy atom. The average Bonchev–Trinajstić information content (AvgIpc) is 2.96. The number of benzene rings is 1. The second-order valence-corrected chi connectivity index (χ2v) is 8.48. The van der Waals surface area contributed by atoms with Gasteiger partial charge in [-0.05, 0) is 29.0 Å². The molecule has 0 saturated heterocycles. The molecule has 25 heavy (non-hydrogen) atoms. The minimum atomic E-state index is -0.166. The summed E-state index contributed by atoms with van der Waals surface area (Å²) in [4.78, 5) is 4.29. The number of fused-ring (bicyclic) bond motifs is 1. The van der Waals surface area contributed by atoms with Crippen LogP contribution in [0.15, 0.2) is 36.7 Å². The van der Waals surface area contributed by atoms with Gasteiger partial charge in [-0.3, -0.25) is 0 Å². The molecule has 0 fully saturated rings. The smallest absolute Gasteiger partial charge is 0.157 e. The maximum atomic E-state index is 10.8. The van der Waals surface area contributed by atoms with Crippen molar-refractivity contribution in [2.45, 2.75) is 52.4 Å². The van der Waals surface area contributed by atoms with Gasteiger partial charge in [0.15, 0.2) is 5.65 Å². The lowest BCUT2D eigenvalue weighted by Gasteiger charge is -2.28. The van der Waals surface area contributed by atoms with Gasteiger partial charge in [-0.25, -0.2) is 4.98 Å². The van der Waals surface area contributed by atoms with Gasteiger partial charge >= 0.3 is 0 Å². The van der Waals surface area contributed by atoms with E-state index in [1.807, 2.05) is 24.3 Å². The first-order chi connectivity index (χ1) is 11.6. The Hall–Kier alpha value is -2.56. The molecule has 0 atom stereocenters. The number of hydrogen-bond donors (Lipinski definition) is 2. The van der Waals surface area contributed by atoms with E-state index in [4.69, 9.17) is 0 Å². The van der Waals surface area contributed by atoms with Gasteiger partial charge in [0.2, 0.25) is 0 Å². The number of anilines is 2. The zero-order valence-corrected chi connectivity index (χ0v) is 15.8. The summed E-state index contributed by atoms with van der Waals surface area (Å²) in [6, 6.07) is 7.78. The standard InChI is InChI=1S/C20H26N4O/c1-19(2,3)14-11-13(12-15(18(14)25)20(4,5)6)23-17-7-9-21-16-8-10-22-24(16)17/h7-12,23,25H,1-6H3. The normalized spacial score (nSPS) is 12.6. The number of aromatic nitrogens is 3. The molecular weight excluding hydrogens is 312 g/mol. The van der Waals surface area contributed by atoms with Crippen molar-refractivity contribution in [3.05, 3.63) is 47.8 Å². The molecule has 2 aromatic heterocycles. The van der Waals surface area contributed by atoms with Crippen LogP contribution in [-0.4, -0.2) is 19.7 Å². The Kier molecular flexibility index (Phi) is 3.98. The van der Waals surface area contributed by atoms with Gasteiger partial charge in [-0.15, -0.1) is 0 Å². The predicted octanol–water partition coefficient (Wildman–Crippen LogP) is 4.77. The number of nitrogens with zero attached hydrogens (tertiary/aromatic N) is 3. The van der Waals surface area contributed by atoms with Crippen LogP contribution < -0.4 is 5.32 Å². The van der Waals surface area contributed by atoms with Gasteiger partial charge in [-0.2, -0.15) is 9.61 Å². The van der Waals surface area contributed by atoms with Gasteiger partial charge in [0.1, 0.15) is 11.6 Å². The molecule has 0 aliphatic heterocycles. The van der Waals surface area contributed by atoms with E-state index >= 15 is 0 Å². The molecule has 1 aromatic carbocycles. The molecule has 0 spiro atoms. The molecule has 0 aliphatic carbocycles. The Labute approximate surface area is 148 Å². The lowest BCUT2D eigenvalue weighted by molar-refractivity contribution is 0.423. The second kappa shape index (κ2) is 5.76. The summed E-state index contributed by atoms with van der Waals surface area (Å²) < 4.78 is 1.76. The average molecular weight is 338 g/mol. The van der Waals surface area contributed by atoms with E-state index in [2.05, 4.69) is 56.9 Å². The van der Waals surface area contributed by atoms with Crippen LogP contribution >= 0.6 is 0 Å². The summed E-state index contributed by atoms with van der Waals surface area (Å²) in [7, 11) is 0. The fourth-order valence-electron chi connectivity index (χ4n) is 2.93. The highest BCUT2D eigenvalue weighted by molar-refractivity contribution is 5.65. The van der Waals surface area contributed by atoms with E-state index in [1.54, 1.807) is 16.9 Å². The van der Waals surface area contributed by atoms with Gasteiger partial charge in [-0.1, -0.05) is 41.5 Å². The minimum absolute atomic E-state index is 0.166. The highest BCUT2D eigenvalue weighted by atomic mass is 16.3. The summed E-state index contributed by atoms with van der Waals surface area (Å²) in [5.41, 5.74) is 3.23. The van der Waals surface area contributed by atoms with Crippen molar-refractivity contribution in [1.29, 1.82) is 0 Å². The third-order valence-electron chi connectivity index (χ3n) is 4.29. The van der Waals surface area contributed by atoms with Crippen LogP contribution in [0.2, 0.25) is 0 Å². The van der Waals surface area contributed by atoms with Gasteiger partial charge in [0.05, 0.1) is 6.20 Å². The SMILES string of the molecule is CC(C)(C)c1cc(Nc2ccnc3ccnn23)cc(C(C)(C)C)c1O. The lowest BCUT2D eigenvalue weighted by atomic mass is 9.79. The summed E-state index contributed by atoms with van der Waals surface area (Å²) in [5, 5.41) is 18.6. The molecule has 132 valence electrons. The summed E-state index contributed by atoms with van der Waals surface area (Å²) >= 11 is 0. The second-order valence-electron chi connectivity index (χ2n) is 8.48. The van der Waals surface area contributed by atoms with Crippen molar-refractivity contribution >= 4 is 17.2 Å². The summed E-state index contributed by atoms with van der Waals surface area (Å²) in [6.45, 7) is 12.6. The van der Waals surface area contributed by atoms with E-state index in [-0.39, 0.29) is 10.8 Å². The quantitative estimate of drug-likeness (QED) is 0.661. The summed E-state index contributed by atoms with van der Waals surface area (Å²) in [5.74, 6) is 1.21. The van der Waals surface area contributed by atoms with E-state index < -0.39 is 0 Å². The number of phenols is 1. The number of aromatic hydroxyl groups is 1. The van der Waals surface area contributed by atoms with Crippen LogP contribution in [0.25, 0.3) is 5.65 Å². The van der Waals surface area contributed by atoms with Crippen LogP contribution in [0.3, 0.4) is 0 Å². The first-order valence-electron chi connectivity index (χ1n) is 8.51. The Morgan fingerprint density at radius 3 is 2.08 bits per heavy atom. The predicted molar refractivity (Wildman–Crippen MR) is 102 cm³/mol. The molecule has 2 heterocycles. The molecule has 2 N–H and O–H groups in total. The van der Waals surface area contributed by atoms with Crippen LogP contribution in [0, 0.1) is 0 Å². The van der Waals surface area contributed by atoms with Crippen LogP contribution in [0.5, 0.6) is 5.75 Å². The Balaban J connectivity index is 2.14. The van der Waals surface area contributed by atoms with E-state index in [1.165, 1.54) is 0 Å². The Bertz CT molecular complexity index is 878. The Morgan fingerprint density at radius 1 is 0.920 bits per heavy atom. The van der Waals surface area contributed by atoms with Crippen molar-refractivity contribution in [2.24, 2.45) is 0 Å². The topological polar surface area (TPSA) is 62.5 Å². The molecule has 5 heteroatoms. The number of phenolic OH excluding ortho intramolecular Hbond substituents is 1. The highest BCUT2D eigenvalue weighted by Crippen LogP contribution is 2.41. The monoisotopic (exact) mass is 338 g/mol. The fraction of sp³-hybridized carbons (Fsp3) is 0.400. The van der Waals surface area contributed by atoms with Gasteiger partial charge in [0, 0.05) is 29.1 Å². The molecular formula is C20H26N4O.